The largest absolute Gasteiger partial charge is 0.422 e. The molecule has 33 heavy (non-hydrogen) atoms. The van der Waals surface area contributed by atoms with E-state index in [-0.39, 0.29) is 28.2 Å². The van der Waals surface area contributed by atoms with Crippen molar-refractivity contribution in [2.75, 3.05) is 0 Å². The molecule has 0 aliphatic heterocycles. The number of aromatic nitrogens is 1. The summed E-state index contributed by atoms with van der Waals surface area (Å²) in [5, 5.41) is 13.0. The summed E-state index contributed by atoms with van der Waals surface area (Å²) in [6.45, 7) is 3.31. The highest BCUT2D eigenvalue weighted by molar-refractivity contribution is 6.43. The Morgan fingerprint density at radius 2 is 1.85 bits per heavy atom. The fourth-order valence-electron chi connectivity index (χ4n) is 3.26. The second-order valence-electron chi connectivity index (χ2n) is 7.58. The number of carbonyl (C=O) groups excluding carboxylic acids is 3. The van der Waals surface area contributed by atoms with Crippen molar-refractivity contribution in [3.05, 3.63) is 46.4 Å². The van der Waals surface area contributed by atoms with E-state index >= 15 is 0 Å². The summed E-state index contributed by atoms with van der Waals surface area (Å²) in [4.78, 5) is 37.9. The molecule has 1 aliphatic rings. The average molecular weight is 464 g/mol. The molecule has 2 rings (SSSR count). The highest BCUT2D eigenvalue weighted by atomic mass is 19.4. The number of nitrogens with one attached hydrogen (secondary N) is 2. The van der Waals surface area contributed by atoms with Crippen molar-refractivity contribution in [3.63, 3.8) is 0 Å². The number of amides is 2. The minimum Gasteiger partial charge on any atom is -0.343 e. The number of rotatable bonds is 5. The normalized spacial score (nSPS) is 19.5. The Bertz CT molecular complexity index is 1160. The van der Waals surface area contributed by atoms with E-state index in [1.54, 1.807) is 6.07 Å². The van der Waals surface area contributed by atoms with Crippen LogP contribution in [0.3, 0.4) is 0 Å². The van der Waals surface area contributed by atoms with Gasteiger partial charge in [-0.25, -0.2) is 4.39 Å². The van der Waals surface area contributed by atoms with Crippen molar-refractivity contribution in [2.45, 2.75) is 38.7 Å². The number of ketones is 1. The fourth-order valence-corrected chi connectivity index (χ4v) is 3.26. The molecule has 7 nitrogen and oxygen atoms in total. The molecule has 1 aromatic rings. The standard InChI is InChI=1S/C22H20F4N4O3/c1-6-21(4,22(24,25)26)29-20(33)18(31)16-11(2)17(30(5)12(16)3)19(32)28-14-7-8-15(23)13(9-14)10-27/h1,7-9,13,15H,2-5H3,(H,28,32)(H,29,33). The van der Waals surface area contributed by atoms with Gasteiger partial charge >= 0.3 is 6.18 Å². The van der Waals surface area contributed by atoms with Crippen molar-refractivity contribution in [1.82, 2.24) is 15.2 Å². The predicted molar refractivity (Wildman–Crippen MR) is 109 cm³/mol. The van der Waals surface area contributed by atoms with Gasteiger partial charge in [0.15, 0.2) is 5.54 Å². The van der Waals surface area contributed by atoms with E-state index in [0.29, 0.717) is 6.92 Å². The van der Waals surface area contributed by atoms with Crippen molar-refractivity contribution < 1.29 is 31.9 Å². The maximum absolute atomic E-state index is 13.6. The van der Waals surface area contributed by atoms with E-state index in [1.807, 2.05) is 0 Å². The summed E-state index contributed by atoms with van der Waals surface area (Å²) in [6.07, 6.45) is 1.99. The third kappa shape index (κ3) is 4.67. The molecule has 0 bridgehead atoms. The molecular weight excluding hydrogens is 444 g/mol. The summed E-state index contributed by atoms with van der Waals surface area (Å²) in [6, 6.07) is 1.75. The number of allylic oxidation sites excluding steroid dienone is 3. The Hall–Kier alpha value is -3.86. The first kappa shape index (κ1) is 25.4. The fraction of sp³-hybridized carbons (Fsp3) is 0.364. The number of hydrogen-bond acceptors (Lipinski definition) is 4. The molecule has 0 fully saturated rings. The molecular formula is C22H20F4N4O3. The summed E-state index contributed by atoms with van der Waals surface area (Å²) < 4.78 is 54.5. The lowest BCUT2D eigenvalue weighted by molar-refractivity contribution is -0.176. The summed E-state index contributed by atoms with van der Waals surface area (Å²) in [5.74, 6) is -3.27. The predicted octanol–water partition coefficient (Wildman–Crippen LogP) is 2.56. The average Bonchev–Trinajstić information content (AvgIpc) is 2.96. The van der Waals surface area contributed by atoms with Gasteiger partial charge in [-0.3, -0.25) is 14.4 Å². The van der Waals surface area contributed by atoms with Crippen LogP contribution in [0.4, 0.5) is 17.6 Å². The van der Waals surface area contributed by atoms with Gasteiger partial charge in [-0.15, -0.1) is 6.42 Å². The van der Waals surface area contributed by atoms with Crippen LogP contribution in [-0.2, 0) is 11.8 Å². The first-order chi connectivity index (χ1) is 15.2. The lowest BCUT2D eigenvalue weighted by Gasteiger charge is -2.27. The second-order valence-corrected chi connectivity index (χ2v) is 7.58. The third-order valence-electron chi connectivity index (χ3n) is 5.37. The first-order valence-electron chi connectivity index (χ1n) is 9.50. The number of nitrogens with zero attached hydrogens (tertiary/aromatic N) is 2. The van der Waals surface area contributed by atoms with Crippen molar-refractivity contribution >= 4 is 17.6 Å². The molecule has 0 saturated heterocycles. The van der Waals surface area contributed by atoms with Gasteiger partial charge in [0, 0.05) is 18.4 Å². The molecule has 0 saturated carbocycles. The minimum atomic E-state index is -5.01. The first-order valence-corrected chi connectivity index (χ1v) is 9.50. The molecule has 0 radical (unpaired) electrons. The van der Waals surface area contributed by atoms with Crippen LogP contribution in [0, 0.1) is 43.4 Å². The van der Waals surface area contributed by atoms with E-state index in [2.05, 4.69) is 5.32 Å². The van der Waals surface area contributed by atoms with E-state index in [0.717, 1.165) is 6.08 Å². The van der Waals surface area contributed by atoms with Crippen LogP contribution in [0.2, 0.25) is 0 Å². The molecule has 0 aromatic carbocycles. The SMILES string of the molecule is C#CC(C)(NC(=O)C(=O)c1c(C)c(C(=O)NC2=CC(C#N)C(F)C=C2)n(C)c1C)C(F)(F)F. The topological polar surface area (TPSA) is 104 Å². The number of carbonyl (C=O) groups is 3. The van der Waals surface area contributed by atoms with Gasteiger partial charge in [0.2, 0.25) is 0 Å². The van der Waals surface area contributed by atoms with Crippen molar-refractivity contribution in [2.24, 2.45) is 13.0 Å². The third-order valence-corrected chi connectivity index (χ3v) is 5.37. The van der Waals surface area contributed by atoms with E-state index in [4.69, 9.17) is 11.7 Å². The lowest BCUT2D eigenvalue weighted by atomic mass is 9.98. The van der Waals surface area contributed by atoms with E-state index in [9.17, 15) is 31.9 Å². The zero-order chi connectivity index (χ0) is 25.3. The summed E-state index contributed by atoms with van der Waals surface area (Å²) in [7, 11) is 1.42. The maximum Gasteiger partial charge on any atom is 0.422 e. The number of Topliss-reactive ketones (excluding diaryl/α,β-unsaturated/α-hetero) is 1. The quantitative estimate of drug-likeness (QED) is 0.303. The van der Waals surface area contributed by atoms with Gasteiger partial charge in [-0.05, 0) is 44.6 Å². The Labute approximate surface area is 187 Å². The van der Waals surface area contributed by atoms with Crippen molar-refractivity contribution in [3.8, 4) is 18.4 Å². The molecule has 2 amide bonds. The highest BCUT2D eigenvalue weighted by Gasteiger charge is 2.52. The Morgan fingerprint density at radius 1 is 1.24 bits per heavy atom. The van der Waals surface area contributed by atoms with Gasteiger partial charge < -0.3 is 15.2 Å². The number of nitriles is 1. The molecule has 3 atom stereocenters. The molecule has 3 unspecified atom stereocenters. The van der Waals surface area contributed by atoms with Gasteiger partial charge in [-0.1, -0.05) is 5.92 Å². The molecule has 1 aliphatic carbocycles. The zero-order valence-corrected chi connectivity index (χ0v) is 18.1. The summed E-state index contributed by atoms with van der Waals surface area (Å²) >= 11 is 0. The van der Waals surface area contributed by atoms with Crippen molar-refractivity contribution in [1.29, 1.82) is 5.26 Å². The second kappa shape index (κ2) is 8.94. The minimum absolute atomic E-state index is 0.0441. The van der Waals surface area contributed by atoms with E-state index in [1.165, 1.54) is 48.9 Å². The Kier molecular flexibility index (Phi) is 6.88. The Morgan fingerprint density at radius 3 is 2.36 bits per heavy atom. The number of hydrogen-bond donors (Lipinski definition) is 2. The molecule has 174 valence electrons. The van der Waals surface area contributed by atoms with Crippen LogP contribution in [0.25, 0.3) is 0 Å². The van der Waals surface area contributed by atoms with Gasteiger partial charge in [0.25, 0.3) is 17.6 Å². The number of alkyl halides is 4. The maximum atomic E-state index is 13.6. The van der Waals surface area contributed by atoms with Gasteiger partial charge in [0.1, 0.15) is 17.8 Å². The van der Waals surface area contributed by atoms with Crippen LogP contribution < -0.4 is 10.6 Å². The van der Waals surface area contributed by atoms with Crippen LogP contribution in [-0.4, -0.2) is 40.1 Å². The van der Waals surface area contributed by atoms with E-state index < -0.39 is 41.4 Å². The monoisotopic (exact) mass is 464 g/mol. The molecule has 1 heterocycles. The number of halogens is 4. The van der Waals surface area contributed by atoms with Crippen LogP contribution >= 0.6 is 0 Å². The van der Waals surface area contributed by atoms with Crippen LogP contribution in [0.5, 0.6) is 0 Å². The summed E-state index contributed by atoms with van der Waals surface area (Å²) in [5.41, 5.74) is -3.03. The highest BCUT2D eigenvalue weighted by Crippen LogP contribution is 2.30. The molecule has 11 heteroatoms. The number of terminal acetylenes is 1. The lowest BCUT2D eigenvalue weighted by Crippen LogP contribution is -2.57. The van der Waals surface area contributed by atoms with Crippen LogP contribution in [0.1, 0.15) is 39.0 Å². The Balaban J connectivity index is 2.36. The molecule has 2 N–H and O–H groups in total. The molecule has 1 aromatic heterocycles. The van der Waals surface area contributed by atoms with Gasteiger partial charge in [0.05, 0.1) is 11.6 Å². The van der Waals surface area contributed by atoms with Crippen LogP contribution in [0.15, 0.2) is 23.9 Å². The smallest absolute Gasteiger partial charge is 0.343 e. The zero-order valence-electron chi connectivity index (χ0n) is 18.1. The molecule has 0 spiro atoms. The van der Waals surface area contributed by atoms with Gasteiger partial charge in [-0.2, -0.15) is 18.4 Å².